The maximum Gasteiger partial charge on any atom is 0.222 e. The topological polar surface area (TPSA) is 73.1 Å². The molecule has 0 amide bonds. The highest BCUT2D eigenvalue weighted by Crippen LogP contribution is 2.37. The van der Waals surface area contributed by atoms with E-state index in [0.717, 1.165) is 37.1 Å². The van der Waals surface area contributed by atoms with Gasteiger partial charge in [-0.3, -0.25) is 0 Å². The molecule has 118 valence electrons. The van der Waals surface area contributed by atoms with Crippen molar-refractivity contribution in [2.24, 2.45) is 11.3 Å². The molecule has 0 aromatic carbocycles. The molecular weight excluding hydrogens is 264 g/mol. The van der Waals surface area contributed by atoms with Crippen molar-refractivity contribution in [2.45, 2.75) is 72.3 Å². The maximum absolute atomic E-state index is 6.16. The fourth-order valence-electron chi connectivity index (χ4n) is 2.78. The lowest BCUT2D eigenvalue weighted by atomic mass is 9.76. The highest BCUT2D eigenvalue weighted by molar-refractivity contribution is 5.47. The molecule has 0 spiro atoms. The Labute approximate surface area is 127 Å². The zero-order valence-corrected chi connectivity index (χ0v) is 13.7. The minimum Gasteiger partial charge on any atom is -0.474 e. The first kappa shape index (κ1) is 16.0. The van der Waals surface area contributed by atoms with Crippen molar-refractivity contribution in [3.63, 3.8) is 0 Å². The summed E-state index contributed by atoms with van der Waals surface area (Å²) in [6, 6.07) is 0. The minimum atomic E-state index is 0.256. The van der Waals surface area contributed by atoms with Gasteiger partial charge in [-0.05, 0) is 44.4 Å². The van der Waals surface area contributed by atoms with E-state index in [0.29, 0.717) is 17.1 Å². The second-order valence-corrected chi connectivity index (χ2v) is 6.79. The minimum absolute atomic E-state index is 0.256. The highest BCUT2D eigenvalue weighted by atomic mass is 16.5. The number of nitrogens with two attached hydrogens (primary N) is 1. The summed E-state index contributed by atoms with van der Waals surface area (Å²) < 4.78 is 6.16. The molecule has 1 saturated carbocycles. The molecule has 3 N–H and O–H groups in total. The van der Waals surface area contributed by atoms with Gasteiger partial charge in [0.1, 0.15) is 17.7 Å². The van der Waals surface area contributed by atoms with E-state index in [-0.39, 0.29) is 6.10 Å². The molecule has 1 aliphatic carbocycles. The lowest BCUT2D eigenvalue weighted by Gasteiger charge is -2.34. The van der Waals surface area contributed by atoms with Gasteiger partial charge in [0.25, 0.3) is 0 Å². The van der Waals surface area contributed by atoms with Crippen molar-refractivity contribution >= 4 is 5.82 Å². The quantitative estimate of drug-likeness (QED) is 0.643. The SMILES string of the molecule is CCCc1nc(NN)c(C)c(OC2CCC(C)(C)CC2)n1. The van der Waals surface area contributed by atoms with Gasteiger partial charge in [0.2, 0.25) is 5.88 Å². The number of ether oxygens (including phenoxy) is 1. The first-order chi connectivity index (χ1) is 9.95. The van der Waals surface area contributed by atoms with Crippen molar-refractivity contribution < 1.29 is 4.74 Å². The van der Waals surface area contributed by atoms with Gasteiger partial charge in [-0.25, -0.2) is 10.8 Å². The van der Waals surface area contributed by atoms with E-state index in [4.69, 9.17) is 10.6 Å². The Hall–Kier alpha value is -1.36. The van der Waals surface area contributed by atoms with Gasteiger partial charge in [0, 0.05) is 6.42 Å². The van der Waals surface area contributed by atoms with E-state index >= 15 is 0 Å². The molecular formula is C16H28N4O. The second-order valence-electron chi connectivity index (χ2n) is 6.79. The van der Waals surface area contributed by atoms with Crippen molar-refractivity contribution in [1.29, 1.82) is 0 Å². The fraction of sp³-hybridized carbons (Fsp3) is 0.750. The Balaban J connectivity index is 2.13. The zero-order chi connectivity index (χ0) is 15.5. The number of nitrogens with one attached hydrogen (secondary N) is 1. The largest absolute Gasteiger partial charge is 0.474 e. The molecule has 1 aliphatic rings. The first-order valence-electron chi connectivity index (χ1n) is 7.96. The normalized spacial score (nSPS) is 18.5. The van der Waals surface area contributed by atoms with Gasteiger partial charge in [0.15, 0.2) is 0 Å². The molecule has 1 aromatic heterocycles. The monoisotopic (exact) mass is 292 g/mol. The van der Waals surface area contributed by atoms with Gasteiger partial charge >= 0.3 is 0 Å². The van der Waals surface area contributed by atoms with Crippen LogP contribution in [0.2, 0.25) is 0 Å². The number of aryl methyl sites for hydroxylation is 1. The molecule has 21 heavy (non-hydrogen) atoms. The van der Waals surface area contributed by atoms with E-state index in [2.05, 4.69) is 36.2 Å². The summed E-state index contributed by atoms with van der Waals surface area (Å²) in [6.45, 7) is 8.72. The van der Waals surface area contributed by atoms with Crippen LogP contribution >= 0.6 is 0 Å². The Morgan fingerprint density at radius 2 is 1.95 bits per heavy atom. The van der Waals surface area contributed by atoms with E-state index < -0.39 is 0 Å². The second kappa shape index (κ2) is 6.60. The number of nitrogen functional groups attached to an aromatic ring is 1. The Morgan fingerprint density at radius 1 is 1.29 bits per heavy atom. The summed E-state index contributed by atoms with van der Waals surface area (Å²) >= 11 is 0. The standard InChI is InChI=1S/C16H28N4O/c1-5-6-13-18-14(20-17)11(2)15(19-13)21-12-7-9-16(3,4)10-8-12/h12H,5-10,17H2,1-4H3,(H,18,19,20). The van der Waals surface area contributed by atoms with Crippen LogP contribution in [0.4, 0.5) is 5.82 Å². The molecule has 0 saturated heterocycles. The summed E-state index contributed by atoms with van der Waals surface area (Å²) in [5.41, 5.74) is 3.99. The predicted molar refractivity (Wildman–Crippen MR) is 85.2 cm³/mol. The van der Waals surface area contributed by atoms with Crippen LogP contribution in [-0.4, -0.2) is 16.1 Å². The number of anilines is 1. The smallest absolute Gasteiger partial charge is 0.222 e. The summed E-state index contributed by atoms with van der Waals surface area (Å²) in [5.74, 6) is 7.70. The molecule has 5 nitrogen and oxygen atoms in total. The summed E-state index contributed by atoms with van der Waals surface area (Å²) in [5, 5.41) is 0. The molecule has 0 aliphatic heterocycles. The fourth-order valence-corrected chi connectivity index (χ4v) is 2.78. The third-order valence-electron chi connectivity index (χ3n) is 4.32. The number of hydrogen-bond acceptors (Lipinski definition) is 5. The van der Waals surface area contributed by atoms with Crippen LogP contribution in [-0.2, 0) is 6.42 Å². The van der Waals surface area contributed by atoms with Crippen LogP contribution in [0.25, 0.3) is 0 Å². The van der Waals surface area contributed by atoms with Crippen LogP contribution in [0.5, 0.6) is 5.88 Å². The Kier molecular flexibility index (Phi) is 5.04. The third-order valence-corrected chi connectivity index (χ3v) is 4.32. The lowest BCUT2D eigenvalue weighted by Crippen LogP contribution is -2.29. The first-order valence-corrected chi connectivity index (χ1v) is 7.96. The molecule has 5 heteroatoms. The Morgan fingerprint density at radius 3 is 2.52 bits per heavy atom. The molecule has 0 unspecified atom stereocenters. The number of hydrogen-bond donors (Lipinski definition) is 2. The van der Waals surface area contributed by atoms with Gasteiger partial charge in [-0.15, -0.1) is 0 Å². The zero-order valence-electron chi connectivity index (χ0n) is 13.7. The van der Waals surface area contributed by atoms with Crippen LogP contribution in [0, 0.1) is 12.3 Å². The van der Waals surface area contributed by atoms with Crippen molar-refractivity contribution in [3.05, 3.63) is 11.4 Å². The summed E-state index contributed by atoms with van der Waals surface area (Å²) in [6.07, 6.45) is 6.67. The number of nitrogens with zero attached hydrogens (tertiary/aromatic N) is 2. The number of rotatable bonds is 5. The van der Waals surface area contributed by atoms with Crippen molar-refractivity contribution in [1.82, 2.24) is 9.97 Å². The molecule has 0 radical (unpaired) electrons. The lowest BCUT2D eigenvalue weighted by molar-refractivity contribution is 0.0939. The molecule has 1 fully saturated rings. The van der Waals surface area contributed by atoms with Gasteiger partial charge < -0.3 is 10.2 Å². The van der Waals surface area contributed by atoms with E-state index in [1.807, 2.05) is 6.92 Å². The summed E-state index contributed by atoms with van der Waals surface area (Å²) in [4.78, 5) is 9.00. The van der Waals surface area contributed by atoms with Gasteiger partial charge in [0.05, 0.1) is 5.56 Å². The predicted octanol–water partition coefficient (Wildman–Crippen LogP) is 3.37. The van der Waals surface area contributed by atoms with Crippen LogP contribution in [0.1, 0.15) is 64.3 Å². The molecule has 1 heterocycles. The molecule has 2 rings (SSSR count). The molecule has 0 bridgehead atoms. The van der Waals surface area contributed by atoms with Crippen LogP contribution < -0.4 is 16.0 Å². The number of hydrazine groups is 1. The average Bonchev–Trinajstić information content (AvgIpc) is 2.44. The average molecular weight is 292 g/mol. The van der Waals surface area contributed by atoms with Crippen molar-refractivity contribution in [2.75, 3.05) is 5.43 Å². The van der Waals surface area contributed by atoms with E-state index in [1.165, 1.54) is 12.8 Å². The highest BCUT2D eigenvalue weighted by Gasteiger charge is 2.28. The van der Waals surface area contributed by atoms with Gasteiger partial charge in [-0.2, -0.15) is 4.98 Å². The summed E-state index contributed by atoms with van der Waals surface area (Å²) in [7, 11) is 0. The van der Waals surface area contributed by atoms with Crippen LogP contribution in [0.15, 0.2) is 0 Å². The van der Waals surface area contributed by atoms with Crippen LogP contribution in [0.3, 0.4) is 0 Å². The molecule has 1 aromatic rings. The van der Waals surface area contributed by atoms with E-state index in [9.17, 15) is 0 Å². The third kappa shape index (κ3) is 4.06. The number of aromatic nitrogens is 2. The molecule has 0 atom stereocenters. The maximum atomic E-state index is 6.16. The Bertz CT molecular complexity index is 477. The van der Waals surface area contributed by atoms with Gasteiger partial charge in [-0.1, -0.05) is 20.8 Å². The van der Waals surface area contributed by atoms with E-state index in [1.54, 1.807) is 0 Å². The van der Waals surface area contributed by atoms with Crippen molar-refractivity contribution in [3.8, 4) is 5.88 Å².